The topological polar surface area (TPSA) is 119 Å². The predicted molar refractivity (Wildman–Crippen MR) is 77.9 cm³/mol. The number of methoxy groups -OCH3 is 1. The summed E-state index contributed by atoms with van der Waals surface area (Å²) >= 11 is 5.88. The maximum Gasteiger partial charge on any atom is 0.326 e. The molecule has 0 fully saturated rings. The van der Waals surface area contributed by atoms with Crippen LogP contribution in [0.4, 0.5) is 5.69 Å². The van der Waals surface area contributed by atoms with Crippen molar-refractivity contribution in [1.82, 2.24) is 5.32 Å². The molecule has 0 radical (unpaired) electrons. The molecule has 1 atom stereocenters. The second kappa shape index (κ2) is 8.30. The van der Waals surface area contributed by atoms with Gasteiger partial charge in [-0.2, -0.15) is 0 Å². The van der Waals surface area contributed by atoms with Crippen LogP contribution in [-0.4, -0.2) is 41.7 Å². The molecule has 1 aromatic carbocycles. The first-order valence-electron chi connectivity index (χ1n) is 6.29. The third kappa shape index (κ3) is 5.30. The summed E-state index contributed by atoms with van der Waals surface area (Å²) in [4.78, 5) is 32.9. The van der Waals surface area contributed by atoms with E-state index in [1.165, 1.54) is 19.2 Å². The number of rotatable bonds is 8. The van der Waals surface area contributed by atoms with E-state index in [4.69, 9.17) is 21.4 Å². The van der Waals surface area contributed by atoms with Gasteiger partial charge in [-0.1, -0.05) is 17.7 Å². The van der Waals surface area contributed by atoms with Gasteiger partial charge in [0.05, 0.1) is 16.4 Å². The molecule has 0 heterocycles. The van der Waals surface area contributed by atoms with E-state index in [1.807, 2.05) is 0 Å². The van der Waals surface area contributed by atoms with E-state index in [-0.39, 0.29) is 30.2 Å². The van der Waals surface area contributed by atoms with Gasteiger partial charge in [0.25, 0.3) is 5.69 Å². The highest BCUT2D eigenvalue weighted by molar-refractivity contribution is 6.31. The van der Waals surface area contributed by atoms with Crippen molar-refractivity contribution in [2.75, 3.05) is 13.7 Å². The Kier molecular flexibility index (Phi) is 6.74. The van der Waals surface area contributed by atoms with Gasteiger partial charge in [-0.05, 0) is 5.56 Å². The number of amides is 1. The first-order chi connectivity index (χ1) is 10.3. The Morgan fingerprint density at radius 1 is 1.50 bits per heavy atom. The largest absolute Gasteiger partial charge is 0.480 e. The van der Waals surface area contributed by atoms with E-state index in [2.05, 4.69) is 5.32 Å². The molecular formula is C13H15ClN2O6. The zero-order valence-corrected chi connectivity index (χ0v) is 12.5. The van der Waals surface area contributed by atoms with Crippen molar-refractivity contribution in [1.29, 1.82) is 0 Å². The number of carbonyl (C=O) groups excluding carboxylic acids is 1. The Hall–Kier alpha value is -2.19. The molecule has 0 spiro atoms. The van der Waals surface area contributed by atoms with E-state index in [0.717, 1.165) is 6.07 Å². The Labute approximate surface area is 131 Å². The van der Waals surface area contributed by atoms with Gasteiger partial charge in [0.2, 0.25) is 5.91 Å². The molecule has 8 nitrogen and oxygen atoms in total. The van der Waals surface area contributed by atoms with Crippen molar-refractivity contribution < 1.29 is 24.4 Å². The van der Waals surface area contributed by atoms with Crippen molar-refractivity contribution in [3.8, 4) is 0 Å². The molecule has 1 rings (SSSR count). The molecule has 120 valence electrons. The van der Waals surface area contributed by atoms with Gasteiger partial charge in [-0.15, -0.1) is 0 Å². The highest BCUT2D eigenvalue weighted by Crippen LogP contribution is 2.22. The maximum atomic E-state index is 11.9. The lowest BCUT2D eigenvalue weighted by molar-refractivity contribution is -0.384. The molecule has 1 unspecified atom stereocenters. The second-order valence-corrected chi connectivity index (χ2v) is 4.86. The molecule has 0 aliphatic carbocycles. The number of nitrogens with one attached hydrogen (secondary N) is 1. The van der Waals surface area contributed by atoms with Crippen LogP contribution < -0.4 is 5.32 Å². The molecular weight excluding hydrogens is 316 g/mol. The smallest absolute Gasteiger partial charge is 0.326 e. The summed E-state index contributed by atoms with van der Waals surface area (Å²) < 4.78 is 4.78. The zero-order chi connectivity index (χ0) is 16.7. The lowest BCUT2D eigenvalue weighted by Crippen LogP contribution is -2.42. The quantitative estimate of drug-likeness (QED) is 0.549. The normalized spacial score (nSPS) is 11.7. The molecule has 0 aromatic heterocycles. The lowest BCUT2D eigenvalue weighted by atomic mass is 10.1. The van der Waals surface area contributed by atoms with Crippen LogP contribution in [0, 0.1) is 10.1 Å². The van der Waals surface area contributed by atoms with E-state index in [9.17, 15) is 19.7 Å². The average Bonchev–Trinajstić information content (AvgIpc) is 2.45. The molecule has 0 saturated heterocycles. The average molecular weight is 331 g/mol. The van der Waals surface area contributed by atoms with Crippen LogP contribution in [0.15, 0.2) is 18.2 Å². The minimum atomic E-state index is -1.17. The fourth-order valence-corrected chi connectivity index (χ4v) is 1.95. The molecule has 0 bridgehead atoms. The van der Waals surface area contributed by atoms with Gasteiger partial charge in [-0.25, -0.2) is 4.79 Å². The summed E-state index contributed by atoms with van der Waals surface area (Å²) in [6, 6.07) is 2.67. The van der Waals surface area contributed by atoms with Crippen molar-refractivity contribution in [2.24, 2.45) is 0 Å². The standard InChI is InChI=1S/C13H15ClN2O6/c1-22-5-4-11(13(18)19)15-12(17)6-8-2-3-9(16(20)21)7-10(8)14/h2-3,7,11H,4-6H2,1H3,(H,15,17)(H,18,19). The number of carbonyl (C=O) groups is 2. The van der Waals surface area contributed by atoms with Gasteiger partial charge in [0.1, 0.15) is 6.04 Å². The Bertz CT molecular complexity index is 578. The second-order valence-electron chi connectivity index (χ2n) is 4.45. The third-order valence-electron chi connectivity index (χ3n) is 2.84. The SMILES string of the molecule is COCCC(NC(=O)Cc1ccc([N+](=O)[O-])cc1Cl)C(=O)O. The molecule has 0 aliphatic heterocycles. The number of hydrogen-bond acceptors (Lipinski definition) is 5. The highest BCUT2D eigenvalue weighted by Gasteiger charge is 2.20. The van der Waals surface area contributed by atoms with Crippen LogP contribution in [0.25, 0.3) is 0 Å². The summed E-state index contributed by atoms with van der Waals surface area (Å²) in [6.07, 6.45) is -0.0425. The number of hydrogen-bond donors (Lipinski definition) is 2. The number of ether oxygens (including phenoxy) is 1. The van der Waals surface area contributed by atoms with Gasteiger partial charge < -0.3 is 15.2 Å². The lowest BCUT2D eigenvalue weighted by Gasteiger charge is -2.14. The molecule has 1 aromatic rings. The van der Waals surface area contributed by atoms with Crippen LogP contribution >= 0.6 is 11.6 Å². The molecule has 9 heteroatoms. The minimum Gasteiger partial charge on any atom is -0.480 e. The van der Waals surface area contributed by atoms with E-state index < -0.39 is 22.8 Å². The molecule has 0 aliphatic rings. The predicted octanol–water partition coefficient (Wildman–Crippen LogP) is 1.40. The number of carboxylic acids is 1. The third-order valence-corrected chi connectivity index (χ3v) is 3.19. The van der Waals surface area contributed by atoms with Crippen LogP contribution in [0.1, 0.15) is 12.0 Å². The van der Waals surface area contributed by atoms with E-state index in [0.29, 0.717) is 5.56 Å². The number of nitro groups is 1. The molecule has 1 amide bonds. The summed E-state index contributed by atoms with van der Waals surface area (Å²) in [5.74, 6) is -1.71. The van der Waals surface area contributed by atoms with Gasteiger partial charge in [0, 0.05) is 32.3 Å². The maximum absolute atomic E-state index is 11.9. The Morgan fingerprint density at radius 2 is 2.18 bits per heavy atom. The van der Waals surface area contributed by atoms with Crippen molar-refractivity contribution in [3.63, 3.8) is 0 Å². The summed E-state index contributed by atoms with van der Waals surface area (Å²) in [5.41, 5.74) is 0.193. The minimum absolute atomic E-state index is 0.0770. The van der Waals surface area contributed by atoms with Gasteiger partial charge in [-0.3, -0.25) is 14.9 Å². The highest BCUT2D eigenvalue weighted by atomic mass is 35.5. The number of carboxylic acid groups (broad SMARTS) is 1. The van der Waals surface area contributed by atoms with Crippen LogP contribution in [0.2, 0.25) is 5.02 Å². The number of halogens is 1. The van der Waals surface area contributed by atoms with Crippen molar-refractivity contribution >= 4 is 29.2 Å². The zero-order valence-electron chi connectivity index (χ0n) is 11.7. The van der Waals surface area contributed by atoms with E-state index >= 15 is 0 Å². The summed E-state index contributed by atoms with van der Waals surface area (Å²) in [7, 11) is 1.43. The first kappa shape index (κ1) is 17.9. The summed E-state index contributed by atoms with van der Waals surface area (Å²) in [6.45, 7) is 0.190. The van der Waals surface area contributed by atoms with Crippen LogP contribution in [0.3, 0.4) is 0 Å². The number of nitrogens with zero attached hydrogens (tertiary/aromatic N) is 1. The first-order valence-corrected chi connectivity index (χ1v) is 6.67. The Morgan fingerprint density at radius 3 is 2.68 bits per heavy atom. The van der Waals surface area contributed by atoms with Crippen LogP contribution in [0.5, 0.6) is 0 Å². The number of non-ortho nitro benzene ring substituents is 1. The molecule has 2 N–H and O–H groups in total. The van der Waals surface area contributed by atoms with Gasteiger partial charge >= 0.3 is 5.97 Å². The summed E-state index contributed by atoms with van der Waals surface area (Å²) in [5, 5.41) is 22.0. The monoisotopic (exact) mass is 330 g/mol. The van der Waals surface area contributed by atoms with Crippen molar-refractivity contribution in [2.45, 2.75) is 18.9 Å². The Balaban J connectivity index is 2.71. The molecule has 22 heavy (non-hydrogen) atoms. The fourth-order valence-electron chi connectivity index (χ4n) is 1.70. The number of nitro benzene ring substituents is 1. The van der Waals surface area contributed by atoms with E-state index in [1.54, 1.807) is 0 Å². The van der Waals surface area contributed by atoms with Gasteiger partial charge in [0.15, 0.2) is 0 Å². The van der Waals surface area contributed by atoms with Crippen molar-refractivity contribution in [3.05, 3.63) is 38.9 Å². The number of aliphatic carboxylic acids is 1. The van der Waals surface area contributed by atoms with Crippen LogP contribution in [-0.2, 0) is 20.7 Å². The molecule has 0 saturated carbocycles. The fraction of sp³-hybridized carbons (Fsp3) is 0.385. The number of benzene rings is 1.